The molecular weight excluding hydrogens is 500 g/mol. The summed E-state index contributed by atoms with van der Waals surface area (Å²) in [5.74, 6) is -0.209. The van der Waals surface area contributed by atoms with Crippen LogP contribution in [0.3, 0.4) is 0 Å². The van der Waals surface area contributed by atoms with Gasteiger partial charge in [0.2, 0.25) is 0 Å². The molecule has 0 unspecified atom stereocenters. The first-order valence-electron chi connectivity index (χ1n) is 9.97. The van der Waals surface area contributed by atoms with Crippen molar-refractivity contribution in [3.05, 3.63) is 104 Å². The highest BCUT2D eigenvalue weighted by Crippen LogP contribution is 2.38. The number of hydrogen-bond acceptors (Lipinski definition) is 4. The Kier molecular flexibility index (Phi) is 7.39. The molecule has 4 rings (SSSR count). The summed E-state index contributed by atoms with van der Waals surface area (Å²) in [6.07, 6.45) is 1.71. The summed E-state index contributed by atoms with van der Waals surface area (Å²) in [6.45, 7) is 2.55. The summed E-state index contributed by atoms with van der Waals surface area (Å²) in [4.78, 5) is 15.0. The van der Waals surface area contributed by atoms with Crippen LogP contribution in [-0.4, -0.2) is 15.1 Å². The molecule has 3 aromatic rings. The Morgan fingerprint density at radius 2 is 1.76 bits per heavy atom. The zero-order chi connectivity index (χ0) is 23.5. The third-order valence-electron chi connectivity index (χ3n) is 4.93. The van der Waals surface area contributed by atoms with E-state index < -0.39 is 0 Å². The molecule has 1 saturated heterocycles. The highest BCUT2D eigenvalue weighted by molar-refractivity contribution is 8.26. The van der Waals surface area contributed by atoms with Crippen molar-refractivity contribution < 1.29 is 13.9 Å². The topological polar surface area (TPSA) is 29.5 Å². The van der Waals surface area contributed by atoms with E-state index in [4.69, 9.17) is 40.2 Å². The molecule has 3 nitrogen and oxygen atoms in total. The number of benzene rings is 3. The lowest BCUT2D eigenvalue weighted by molar-refractivity contribution is -0.122. The Hall–Kier alpha value is -2.38. The molecule has 0 N–H and O–H groups in total. The van der Waals surface area contributed by atoms with Crippen LogP contribution >= 0.6 is 47.2 Å². The SMILES string of the molecule is Cc1ccc(CN2C(=O)/C(=C/c3cc(Cl)c(OCc4cccc(F)c4)c(Cl)c3)SC2=S)cc1. The van der Waals surface area contributed by atoms with Crippen molar-refractivity contribution in [2.45, 2.75) is 20.1 Å². The number of carbonyl (C=O) groups is 1. The van der Waals surface area contributed by atoms with Gasteiger partial charge in [-0.25, -0.2) is 4.39 Å². The molecule has 1 amide bonds. The fraction of sp³-hybridized carbons (Fsp3) is 0.120. The number of amides is 1. The Labute approximate surface area is 211 Å². The number of nitrogens with zero attached hydrogens (tertiary/aromatic N) is 1. The second kappa shape index (κ2) is 10.3. The van der Waals surface area contributed by atoms with Gasteiger partial charge < -0.3 is 4.74 Å². The van der Waals surface area contributed by atoms with Gasteiger partial charge in [0.15, 0.2) is 5.75 Å². The van der Waals surface area contributed by atoms with E-state index in [9.17, 15) is 9.18 Å². The summed E-state index contributed by atoms with van der Waals surface area (Å²) in [6, 6.07) is 17.4. The second-order valence-electron chi connectivity index (χ2n) is 7.49. The molecule has 0 bridgehead atoms. The van der Waals surface area contributed by atoms with Crippen LogP contribution in [0.1, 0.15) is 22.3 Å². The number of carbonyl (C=O) groups excluding carboxylic acids is 1. The van der Waals surface area contributed by atoms with Gasteiger partial charge in [-0.2, -0.15) is 0 Å². The molecule has 8 heteroatoms. The number of ether oxygens (including phenoxy) is 1. The van der Waals surface area contributed by atoms with Crippen molar-refractivity contribution in [1.29, 1.82) is 0 Å². The maximum absolute atomic E-state index is 13.4. The molecule has 1 aliphatic rings. The van der Waals surface area contributed by atoms with Gasteiger partial charge in [-0.15, -0.1) is 0 Å². The summed E-state index contributed by atoms with van der Waals surface area (Å²) < 4.78 is 19.6. The van der Waals surface area contributed by atoms with Gasteiger partial charge in [-0.1, -0.05) is 89.1 Å². The molecule has 0 spiro atoms. The molecular formula is C25H18Cl2FNO2S2. The monoisotopic (exact) mass is 517 g/mol. The maximum atomic E-state index is 13.4. The quantitative estimate of drug-likeness (QED) is 0.251. The number of halogens is 3. The molecule has 168 valence electrons. The Morgan fingerprint density at radius 1 is 1.06 bits per heavy atom. The van der Waals surface area contributed by atoms with E-state index in [0.29, 0.717) is 42.7 Å². The summed E-state index contributed by atoms with van der Waals surface area (Å²) in [5.41, 5.74) is 3.47. The minimum atomic E-state index is -0.344. The van der Waals surface area contributed by atoms with Crippen LogP contribution < -0.4 is 4.74 Å². The molecule has 0 atom stereocenters. The fourth-order valence-electron chi connectivity index (χ4n) is 3.25. The maximum Gasteiger partial charge on any atom is 0.266 e. The molecule has 0 saturated carbocycles. The van der Waals surface area contributed by atoms with Gasteiger partial charge >= 0.3 is 0 Å². The van der Waals surface area contributed by atoms with Crippen LogP contribution in [0.15, 0.2) is 65.6 Å². The zero-order valence-corrected chi connectivity index (χ0v) is 20.6. The van der Waals surface area contributed by atoms with Crippen molar-refractivity contribution in [2.24, 2.45) is 0 Å². The Morgan fingerprint density at radius 3 is 2.42 bits per heavy atom. The number of aryl methyl sites for hydroxylation is 1. The lowest BCUT2D eigenvalue weighted by atomic mass is 10.1. The van der Waals surface area contributed by atoms with E-state index in [2.05, 4.69) is 0 Å². The van der Waals surface area contributed by atoms with Gasteiger partial charge in [0.05, 0.1) is 21.5 Å². The molecule has 0 aliphatic carbocycles. The molecule has 1 fully saturated rings. The van der Waals surface area contributed by atoms with Gasteiger partial charge in [0, 0.05) is 0 Å². The third kappa shape index (κ3) is 5.76. The second-order valence-corrected chi connectivity index (χ2v) is 9.98. The predicted octanol–water partition coefficient (Wildman–Crippen LogP) is 7.42. The van der Waals surface area contributed by atoms with E-state index in [1.165, 1.54) is 23.9 Å². The van der Waals surface area contributed by atoms with Crippen molar-refractivity contribution in [3.63, 3.8) is 0 Å². The first-order valence-corrected chi connectivity index (χ1v) is 12.0. The predicted molar refractivity (Wildman–Crippen MR) is 137 cm³/mol. The molecule has 1 heterocycles. The molecule has 33 heavy (non-hydrogen) atoms. The molecule has 1 aliphatic heterocycles. The van der Waals surface area contributed by atoms with E-state index >= 15 is 0 Å². The smallest absolute Gasteiger partial charge is 0.266 e. The molecule has 0 aromatic heterocycles. The Bertz CT molecular complexity index is 1240. The van der Waals surface area contributed by atoms with Crippen molar-refractivity contribution in [1.82, 2.24) is 4.90 Å². The van der Waals surface area contributed by atoms with E-state index in [0.717, 1.165) is 11.1 Å². The van der Waals surface area contributed by atoms with Crippen LogP contribution in [0.2, 0.25) is 10.0 Å². The zero-order valence-electron chi connectivity index (χ0n) is 17.5. The summed E-state index contributed by atoms with van der Waals surface area (Å²) in [5, 5.41) is 0.584. The minimum Gasteiger partial charge on any atom is -0.486 e. The summed E-state index contributed by atoms with van der Waals surface area (Å²) >= 11 is 19.4. The first-order chi connectivity index (χ1) is 15.8. The molecule has 0 radical (unpaired) electrons. The lowest BCUT2D eigenvalue weighted by Crippen LogP contribution is -2.27. The largest absolute Gasteiger partial charge is 0.486 e. The van der Waals surface area contributed by atoms with Gasteiger partial charge in [-0.05, 0) is 54.0 Å². The standard InChI is InChI=1S/C25H18Cl2FNO2S2/c1-15-5-7-16(8-6-15)13-29-24(30)22(33-25(29)32)12-18-10-20(26)23(21(27)11-18)31-14-17-3-2-4-19(28)9-17/h2-12H,13-14H2,1H3/b22-12-. The highest BCUT2D eigenvalue weighted by atomic mass is 35.5. The Balaban J connectivity index is 1.49. The van der Waals surface area contributed by atoms with Crippen LogP contribution in [0.4, 0.5) is 4.39 Å². The van der Waals surface area contributed by atoms with E-state index in [1.807, 2.05) is 31.2 Å². The average Bonchev–Trinajstić information content (AvgIpc) is 3.02. The van der Waals surface area contributed by atoms with Crippen LogP contribution in [0.25, 0.3) is 6.08 Å². The van der Waals surface area contributed by atoms with Gasteiger partial charge in [-0.3, -0.25) is 9.69 Å². The number of thioether (sulfide) groups is 1. The molecule has 3 aromatic carbocycles. The lowest BCUT2D eigenvalue weighted by Gasteiger charge is -2.14. The fourth-order valence-corrected chi connectivity index (χ4v) is 5.11. The van der Waals surface area contributed by atoms with Crippen molar-refractivity contribution in [3.8, 4) is 5.75 Å². The normalized spacial score (nSPS) is 14.9. The summed E-state index contributed by atoms with van der Waals surface area (Å²) in [7, 11) is 0. The number of hydrogen-bond donors (Lipinski definition) is 0. The number of rotatable bonds is 6. The average molecular weight is 518 g/mol. The van der Waals surface area contributed by atoms with Gasteiger partial charge in [0.1, 0.15) is 16.7 Å². The van der Waals surface area contributed by atoms with Crippen LogP contribution in [-0.2, 0) is 17.9 Å². The van der Waals surface area contributed by atoms with Crippen LogP contribution in [0.5, 0.6) is 5.75 Å². The van der Waals surface area contributed by atoms with Crippen molar-refractivity contribution >= 4 is 63.5 Å². The van der Waals surface area contributed by atoms with Gasteiger partial charge in [0.25, 0.3) is 5.91 Å². The highest BCUT2D eigenvalue weighted by Gasteiger charge is 2.32. The minimum absolute atomic E-state index is 0.119. The van der Waals surface area contributed by atoms with Crippen LogP contribution in [0, 0.1) is 12.7 Å². The van der Waals surface area contributed by atoms with E-state index in [1.54, 1.807) is 35.2 Å². The first kappa shape index (κ1) is 23.8. The third-order valence-corrected chi connectivity index (χ3v) is 6.86. The van der Waals surface area contributed by atoms with E-state index in [-0.39, 0.29) is 18.3 Å². The number of thiocarbonyl (C=S) groups is 1. The van der Waals surface area contributed by atoms with Crippen molar-refractivity contribution in [2.75, 3.05) is 0 Å².